The summed E-state index contributed by atoms with van der Waals surface area (Å²) in [6, 6.07) is 16.5. The van der Waals surface area contributed by atoms with Gasteiger partial charge < -0.3 is 10.5 Å². The first kappa shape index (κ1) is 16.7. The lowest BCUT2D eigenvalue weighted by molar-refractivity contribution is 0.302. The molecule has 0 spiro atoms. The standard InChI is InChI=1S/C20H22N2OS/c1-14(2)17-10-16(18-13-24-20(11-21)22-18)8-9-19(17)23-12-15-6-4-3-5-7-15/h3-10,13-14H,11-12,21H2,1-2H3. The van der Waals surface area contributed by atoms with E-state index in [1.54, 1.807) is 11.3 Å². The maximum absolute atomic E-state index is 6.06. The van der Waals surface area contributed by atoms with Crippen molar-refractivity contribution in [2.75, 3.05) is 0 Å². The van der Waals surface area contributed by atoms with Crippen LogP contribution < -0.4 is 10.5 Å². The highest BCUT2D eigenvalue weighted by Gasteiger charge is 2.12. The number of ether oxygens (including phenoxy) is 1. The number of benzene rings is 2. The number of rotatable bonds is 6. The van der Waals surface area contributed by atoms with E-state index in [1.165, 1.54) is 11.1 Å². The molecule has 2 aromatic carbocycles. The number of aromatic nitrogens is 1. The molecule has 3 rings (SSSR count). The van der Waals surface area contributed by atoms with E-state index in [0.29, 0.717) is 19.1 Å². The fourth-order valence-electron chi connectivity index (χ4n) is 2.56. The molecule has 0 aliphatic carbocycles. The van der Waals surface area contributed by atoms with Gasteiger partial charge in [-0.2, -0.15) is 0 Å². The van der Waals surface area contributed by atoms with E-state index >= 15 is 0 Å². The molecular formula is C20H22N2OS. The molecule has 0 amide bonds. The topological polar surface area (TPSA) is 48.1 Å². The lowest BCUT2D eigenvalue weighted by Gasteiger charge is -2.15. The van der Waals surface area contributed by atoms with E-state index in [-0.39, 0.29) is 0 Å². The zero-order valence-corrected chi connectivity index (χ0v) is 14.8. The van der Waals surface area contributed by atoms with Crippen molar-refractivity contribution >= 4 is 11.3 Å². The maximum atomic E-state index is 6.06. The predicted molar refractivity (Wildman–Crippen MR) is 100 cm³/mol. The molecule has 0 unspecified atom stereocenters. The van der Waals surface area contributed by atoms with E-state index in [0.717, 1.165) is 22.0 Å². The Morgan fingerprint density at radius 3 is 2.58 bits per heavy atom. The van der Waals surface area contributed by atoms with Crippen molar-refractivity contribution in [1.82, 2.24) is 4.98 Å². The average Bonchev–Trinajstić information content (AvgIpc) is 3.10. The highest BCUT2D eigenvalue weighted by molar-refractivity contribution is 7.09. The molecule has 0 saturated heterocycles. The molecule has 0 aliphatic heterocycles. The molecule has 0 atom stereocenters. The Balaban J connectivity index is 1.84. The third kappa shape index (κ3) is 3.83. The molecule has 0 saturated carbocycles. The number of nitrogens with two attached hydrogens (primary N) is 1. The summed E-state index contributed by atoms with van der Waals surface area (Å²) < 4.78 is 6.06. The monoisotopic (exact) mass is 338 g/mol. The first-order valence-corrected chi connectivity index (χ1v) is 9.01. The molecule has 0 radical (unpaired) electrons. The summed E-state index contributed by atoms with van der Waals surface area (Å²) in [6.07, 6.45) is 0. The van der Waals surface area contributed by atoms with Gasteiger partial charge in [-0.15, -0.1) is 11.3 Å². The van der Waals surface area contributed by atoms with E-state index in [1.807, 2.05) is 18.2 Å². The molecule has 1 aromatic heterocycles. The number of hydrogen-bond acceptors (Lipinski definition) is 4. The minimum absolute atomic E-state index is 0.378. The molecule has 3 nitrogen and oxygen atoms in total. The first-order chi connectivity index (χ1) is 11.7. The van der Waals surface area contributed by atoms with Crippen LogP contribution in [0, 0.1) is 0 Å². The summed E-state index contributed by atoms with van der Waals surface area (Å²) in [5, 5.41) is 3.02. The van der Waals surface area contributed by atoms with Crippen molar-refractivity contribution in [3.63, 3.8) is 0 Å². The van der Waals surface area contributed by atoms with Crippen molar-refractivity contribution in [1.29, 1.82) is 0 Å². The average molecular weight is 338 g/mol. The number of nitrogens with zero attached hydrogens (tertiary/aromatic N) is 1. The highest BCUT2D eigenvalue weighted by atomic mass is 32.1. The van der Waals surface area contributed by atoms with Crippen molar-refractivity contribution in [2.45, 2.75) is 32.9 Å². The van der Waals surface area contributed by atoms with Crippen LogP contribution in [0.3, 0.4) is 0 Å². The van der Waals surface area contributed by atoms with Gasteiger partial charge >= 0.3 is 0 Å². The minimum atomic E-state index is 0.378. The molecule has 3 aromatic rings. The van der Waals surface area contributed by atoms with Gasteiger partial charge in [0.15, 0.2) is 0 Å². The van der Waals surface area contributed by atoms with Crippen molar-refractivity contribution in [3.05, 3.63) is 70.0 Å². The zero-order valence-electron chi connectivity index (χ0n) is 14.0. The Kier molecular flexibility index (Phi) is 5.28. The summed E-state index contributed by atoms with van der Waals surface area (Å²) in [5.74, 6) is 1.32. The fraction of sp³-hybridized carbons (Fsp3) is 0.250. The second-order valence-corrected chi connectivity index (χ2v) is 6.95. The predicted octanol–water partition coefficient (Wildman–Crippen LogP) is 4.97. The van der Waals surface area contributed by atoms with Crippen molar-refractivity contribution in [3.8, 4) is 17.0 Å². The van der Waals surface area contributed by atoms with Crippen LogP contribution in [0.1, 0.15) is 35.9 Å². The number of hydrogen-bond donors (Lipinski definition) is 1. The summed E-state index contributed by atoms with van der Waals surface area (Å²) in [6.45, 7) is 5.43. The van der Waals surface area contributed by atoms with E-state index in [2.05, 4.69) is 54.5 Å². The molecular weight excluding hydrogens is 316 g/mol. The molecule has 124 valence electrons. The maximum Gasteiger partial charge on any atom is 0.123 e. The van der Waals surface area contributed by atoms with Crippen LogP contribution in [0.15, 0.2) is 53.9 Å². The summed E-state index contributed by atoms with van der Waals surface area (Å²) in [4.78, 5) is 4.58. The zero-order chi connectivity index (χ0) is 16.9. The van der Waals surface area contributed by atoms with Gasteiger partial charge in [0.1, 0.15) is 17.4 Å². The normalized spacial score (nSPS) is 11.0. The van der Waals surface area contributed by atoms with Crippen LogP contribution in [-0.2, 0) is 13.2 Å². The summed E-state index contributed by atoms with van der Waals surface area (Å²) in [7, 11) is 0. The van der Waals surface area contributed by atoms with Gasteiger partial charge in [-0.25, -0.2) is 4.98 Å². The van der Waals surface area contributed by atoms with Crippen LogP contribution in [0.2, 0.25) is 0 Å². The van der Waals surface area contributed by atoms with Crippen LogP contribution in [0.25, 0.3) is 11.3 Å². The van der Waals surface area contributed by atoms with E-state index in [4.69, 9.17) is 10.5 Å². The SMILES string of the molecule is CC(C)c1cc(-c2csc(CN)n2)ccc1OCc1ccccc1. The van der Waals surface area contributed by atoms with Gasteiger partial charge in [0.2, 0.25) is 0 Å². The minimum Gasteiger partial charge on any atom is -0.489 e. The van der Waals surface area contributed by atoms with Gasteiger partial charge in [-0.3, -0.25) is 0 Å². The Morgan fingerprint density at radius 2 is 1.92 bits per heavy atom. The van der Waals surface area contributed by atoms with Gasteiger partial charge in [0.05, 0.1) is 5.69 Å². The summed E-state index contributed by atoms with van der Waals surface area (Å²) >= 11 is 1.60. The second kappa shape index (κ2) is 7.60. The van der Waals surface area contributed by atoms with Gasteiger partial charge in [-0.1, -0.05) is 44.2 Å². The highest BCUT2D eigenvalue weighted by Crippen LogP contribution is 2.32. The number of thiazole rings is 1. The van der Waals surface area contributed by atoms with E-state index < -0.39 is 0 Å². The molecule has 24 heavy (non-hydrogen) atoms. The van der Waals surface area contributed by atoms with Crippen molar-refractivity contribution in [2.24, 2.45) is 5.73 Å². The van der Waals surface area contributed by atoms with Crippen LogP contribution in [0.4, 0.5) is 0 Å². The molecule has 0 aliphatic rings. The Hall–Kier alpha value is -2.17. The van der Waals surface area contributed by atoms with Crippen molar-refractivity contribution < 1.29 is 4.74 Å². The molecule has 4 heteroatoms. The smallest absolute Gasteiger partial charge is 0.123 e. The van der Waals surface area contributed by atoms with Crippen LogP contribution >= 0.6 is 11.3 Å². The molecule has 1 heterocycles. The Morgan fingerprint density at radius 1 is 1.12 bits per heavy atom. The lowest BCUT2D eigenvalue weighted by atomic mass is 9.98. The molecule has 0 bridgehead atoms. The quantitative estimate of drug-likeness (QED) is 0.690. The third-order valence-corrected chi connectivity index (χ3v) is 4.76. The first-order valence-electron chi connectivity index (χ1n) is 8.13. The Bertz CT molecular complexity index is 796. The molecule has 0 fully saturated rings. The van der Waals surface area contributed by atoms with Crippen LogP contribution in [0.5, 0.6) is 5.75 Å². The van der Waals surface area contributed by atoms with E-state index in [9.17, 15) is 0 Å². The van der Waals surface area contributed by atoms with Gasteiger partial charge in [0.25, 0.3) is 0 Å². The van der Waals surface area contributed by atoms with Gasteiger partial charge in [0, 0.05) is 17.5 Å². The molecule has 2 N–H and O–H groups in total. The fourth-order valence-corrected chi connectivity index (χ4v) is 3.25. The van der Waals surface area contributed by atoms with Crippen LogP contribution in [-0.4, -0.2) is 4.98 Å². The summed E-state index contributed by atoms with van der Waals surface area (Å²) in [5.41, 5.74) is 10.1. The second-order valence-electron chi connectivity index (χ2n) is 6.01. The van der Waals surface area contributed by atoms with Gasteiger partial charge in [-0.05, 0) is 35.2 Å². The third-order valence-electron chi connectivity index (χ3n) is 3.89. The largest absolute Gasteiger partial charge is 0.489 e. The lowest BCUT2D eigenvalue weighted by Crippen LogP contribution is -2.00. The Labute approximate surface area is 147 Å².